The fourth-order valence-corrected chi connectivity index (χ4v) is 3.53. The van der Waals surface area contributed by atoms with Crippen molar-refractivity contribution in [3.8, 4) is 0 Å². The topological polar surface area (TPSA) is 96.1 Å². The number of imidazole rings is 1. The molecular formula is C10H12ClN5O2S. The van der Waals surface area contributed by atoms with Crippen LogP contribution in [0, 0.1) is 0 Å². The van der Waals surface area contributed by atoms with E-state index in [1.807, 2.05) is 0 Å². The number of hydrogen-bond donors (Lipinski definition) is 3. The second-order valence-electron chi connectivity index (χ2n) is 4.20. The molecule has 0 aliphatic carbocycles. The molecule has 19 heavy (non-hydrogen) atoms. The Morgan fingerprint density at radius 1 is 1.47 bits per heavy atom. The molecule has 1 aliphatic heterocycles. The van der Waals surface area contributed by atoms with Crippen LogP contribution in [-0.4, -0.2) is 54.7 Å². The van der Waals surface area contributed by atoms with Gasteiger partial charge < -0.3 is 15.5 Å². The third-order valence-corrected chi connectivity index (χ3v) is 4.58. The van der Waals surface area contributed by atoms with Crippen molar-refractivity contribution in [1.82, 2.24) is 19.5 Å². The molecule has 0 aromatic carbocycles. The summed E-state index contributed by atoms with van der Waals surface area (Å²) < 4.78 is 1.72. The van der Waals surface area contributed by atoms with Gasteiger partial charge in [-0.2, -0.15) is 9.97 Å². The molecule has 1 fully saturated rings. The summed E-state index contributed by atoms with van der Waals surface area (Å²) in [5.74, 6) is 1.01. The molecule has 0 radical (unpaired) electrons. The van der Waals surface area contributed by atoms with E-state index < -0.39 is 12.2 Å². The van der Waals surface area contributed by atoms with Crippen molar-refractivity contribution in [3.63, 3.8) is 0 Å². The van der Waals surface area contributed by atoms with E-state index in [4.69, 9.17) is 11.6 Å². The Bertz CT molecular complexity index is 621. The number of aromatic nitrogens is 4. The van der Waals surface area contributed by atoms with Gasteiger partial charge >= 0.3 is 0 Å². The molecule has 3 atom stereocenters. The van der Waals surface area contributed by atoms with Crippen LogP contribution in [0.1, 0.15) is 5.37 Å². The van der Waals surface area contributed by atoms with E-state index in [-0.39, 0.29) is 10.7 Å². The monoisotopic (exact) mass is 301 g/mol. The van der Waals surface area contributed by atoms with E-state index in [9.17, 15) is 10.2 Å². The first kappa shape index (κ1) is 12.9. The molecule has 102 valence electrons. The van der Waals surface area contributed by atoms with Crippen LogP contribution in [0.25, 0.3) is 11.2 Å². The maximum atomic E-state index is 9.97. The van der Waals surface area contributed by atoms with Crippen LogP contribution in [0.5, 0.6) is 0 Å². The lowest BCUT2D eigenvalue weighted by Crippen LogP contribution is -2.27. The van der Waals surface area contributed by atoms with Crippen molar-refractivity contribution in [2.45, 2.75) is 17.6 Å². The zero-order valence-corrected chi connectivity index (χ0v) is 11.6. The number of rotatable bonds is 2. The Balaban J connectivity index is 2.13. The molecule has 9 heteroatoms. The molecule has 0 amide bonds. The van der Waals surface area contributed by atoms with Crippen molar-refractivity contribution in [1.29, 1.82) is 0 Å². The molecule has 0 saturated carbocycles. The number of aliphatic hydroxyl groups is 2. The van der Waals surface area contributed by atoms with Gasteiger partial charge in [-0.05, 0) is 11.6 Å². The third-order valence-electron chi connectivity index (χ3n) is 3.03. The number of nitrogens with zero attached hydrogens (tertiary/aromatic N) is 4. The average Bonchev–Trinajstić information content (AvgIpc) is 2.94. The molecule has 1 saturated heterocycles. The molecule has 2 unspecified atom stereocenters. The summed E-state index contributed by atoms with van der Waals surface area (Å²) in [6.45, 7) is 0. The summed E-state index contributed by atoms with van der Waals surface area (Å²) in [7, 11) is 1.72. The molecule has 2 aromatic heterocycles. The molecule has 3 N–H and O–H groups in total. The molecular weight excluding hydrogens is 290 g/mol. The molecule has 3 heterocycles. The predicted octanol–water partition coefficient (Wildman–Crippen LogP) is 0.489. The normalized spacial score (nSPS) is 27.1. The summed E-state index contributed by atoms with van der Waals surface area (Å²) in [5, 5.41) is 22.3. The molecule has 3 rings (SSSR count). The lowest BCUT2D eigenvalue weighted by molar-refractivity contribution is 0.0313. The number of nitrogens with one attached hydrogen (secondary N) is 1. The van der Waals surface area contributed by atoms with Gasteiger partial charge in [0.25, 0.3) is 0 Å². The molecule has 0 bridgehead atoms. The van der Waals surface area contributed by atoms with Crippen LogP contribution in [0.15, 0.2) is 6.33 Å². The second-order valence-corrected chi connectivity index (χ2v) is 5.68. The zero-order chi connectivity index (χ0) is 13.6. The molecule has 2 aromatic rings. The minimum absolute atomic E-state index is 0.108. The highest BCUT2D eigenvalue weighted by molar-refractivity contribution is 7.99. The third kappa shape index (κ3) is 2.04. The minimum Gasteiger partial charge on any atom is -0.389 e. The Morgan fingerprint density at radius 3 is 2.89 bits per heavy atom. The van der Waals surface area contributed by atoms with Crippen LogP contribution < -0.4 is 5.32 Å². The van der Waals surface area contributed by atoms with Crippen molar-refractivity contribution >= 4 is 40.3 Å². The maximum absolute atomic E-state index is 9.97. The molecule has 7 nitrogen and oxygen atoms in total. The average molecular weight is 302 g/mol. The van der Waals surface area contributed by atoms with Crippen molar-refractivity contribution in [2.75, 3.05) is 18.1 Å². The Labute approximate surface area is 118 Å². The highest BCUT2D eigenvalue weighted by Gasteiger charge is 2.36. The minimum atomic E-state index is -0.853. The first-order chi connectivity index (χ1) is 9.11. The van der Waals surface area contributed by atoms with Gasteiger partial charge in [0, 0.05) is 12.8 Å². The van der Waals surface area contributed by atoms with Gasteiger partial charge in [-0.25, -0.2) is 4.98 Å². The quantitative estimate of drug-likeness (QED) is 0.695. The second kappa shape index (κ2) is 4.78. The van der Waals surface area contributed by atoms with Crippen LogP contribution in [0.2, 0.25) is 5.28 Å². The molecule has 1 aliphatic rings. The lowest BCUT2D eigenvalue weighted by atomic mass is 10.2. The number of anilines is 1. The maximum Gasteiger partial charge on any atom is 0.226 e. The lowest BCUT2D eigenvalue weighted by Gasteiger charge is -2.17. The SMILES string of the molecule is CNc1nc(Cl)nc2c1ncn2C1SC[C@H](O)C1O. The van der Waals surface area contributed by atoms with E-state index in [1.165, 1.54) is 11.8 Å². The number of thioether (sulfide) groups is 1. The highest BCUT2D eigenvalue weighted by atomic mass is 35.5. The van der Waals surface area contributed by atoms with Crippen LogP contribution in [-0.2, 0) is 0 Å². The largest absolute Gasteiger partial charge is 0.389 e. The highest BCUT2D eigenvalue weighted by Crippen LogP contribution is 2.38. The summed E-state index contributed by atoms with van der Waals surface area (Å²) in [6, 6.07) is 0. The Hall–Kier alpha value is -1.09. The van der Waals surface area contributed by atoms with Gasteiger partial charge in [0.1, 0.15) is 11.5 Å². The van der Waals surface area contributed by atoms with Crippen LogP contribution in [0.3, 0.4) is 0 Å². The summed E-state index contributed by atoms with van der Waals surface area (Å²) in [4.78, 5) is 12.4. The fraction of sp³-hybridized carbons (Fsp3) is 0.500. The van der Waals surface area contributed by atoms with Crippen molar-refractivity contribution < 1.29 is 10.2 Å². The van der Waals surface area contributed by atoms with E-state index in [2.05, 4.69) is 20.3 Å². The van der Waals surface area contributed by atoms with Crippen molar-refractivity contribution in [2.24, 2.45) is 0 Å². The fourth-order valence-electron chi connectivity index (χ4n) is 2.08. The van der Waals surface area contributed by atoms with E-state index >= 15 is 0 Å². The van der Waals surface area contributed by atoms with Crippen molar-refractivity contribution in [3.05, 3.63) is 11.6 Å². The zero-order valence-electron chi connectivity index (χ0n) is 9.99. The summed E-state index contributed by atoms with van der Waals surface area (Å²) in [6.07, 6.45) is -0.0159. The Morgan fingerprint density at radius 2 is 2.26 bits per heavy atom. The Kier molecular flexibility index (Phi) is 3.25. The van der Waals surface area contributed by atoms with Gasteiger partial charge in [0.2, 0.25) is 5.28 Å². The van der Waals surface area contributed by atoms with Gasteiger partial charge in [-0.1, -0.05) is 0 Å². The van der Waals surface area contributed by atoms with E-state index in [0.717, 1.165) is 0 Å². The number of hydrogen-bond acceptors (Lipinski definition) is 7. The smallest absolute Gasteiger partial charge is 0.226 e. The molecule has 0 spiro atoms. The number of halogens is 1. The van der Waals surface area contributed by atoms with Gasteiger partial charge in [0.15, 0.2) is 17.0 Å². The first-order valence-corrected chi connectivity index (χ1v) is 7.10. The van der Waals surface area contributed by atoms with Gasteiger partial charge in [-0.3, -0.25) is 4.57 Å². The standard InChI is InChI=1S/C10H12ClN5O2S/c1-12-7-5-8(15-10(11)14-7)16(3-13-5)9-6(18)4(17)2-19-9/h3-4,6,9,17-18H,2H2,1H3,(H,12,14,15)/t4-,6?,9?/m0/s1. The predicted molar refractivity (Wildman–Crippen MR) is 73.4 cm³/mol. The van der Waals surface area contributed by atoms with E-state index in [1.54, 1.807) is 17.9 Å². The van der Waals surface area contributed by atoms with E-state index in [0.29, 0.717) is 22.7 Å². The number of fused-ring (bicyclic) bond motifs is 1. The summed E-state index contributed by atoms with van der Waals surface area (Å²) >= 11 is 7.33. The van der Waals surface area contributed by atoms with Crippen LogP contribution >= 0.6 is 23.4 Å². The van der Waals surface area contributed by atoms with Crippen LogP contribution in [0.4, 0.5) is 5.82 Å². The van der Waals surface area contributed by atoms with Gasteiger partial charge in [0.05, 0.1) is 12.4 Å². The first-order valence-electron chi connectivity index (χ1n) is 5.67. The number of aliphatic hydroxyl groups excluding tert-OH is 2. The summed E-state index contributed by atoms with van der Waals surface area (Å²) in [5.41, 5.74) is 1.12. The van der Waals surface area contributed by atoms with Gasteiger partial charge in [-0.15, -0.1) is 11.8 Å².